The molecule has 10 heteroatoms. The van der Waals surface area contributed by atoms with Crippen molar-refractivity contribution in [2.75, 3.05) is 18.0 Å². The zero-order chi connectivity index (χ0) is 19.9. The van der Waals surface area contributed by atoms with Crippen molar-refractivity contribution in [1.29, 1.82) is 0 Å². The minimum absolute atomic E-state index is 0.0249. The van der Waals surface area contributed by atoms with Crippen LogP contribution in [-0.4, -0.2) is 53.3 Å². The molecule has 3 heterocycles. The predicted molar refractivity (Wildman–Crippen MR) is 101 cm³/mol. The molecule has 1 aliphatic rings. The average Bonchev–Trinajstić information content (AvgIpc) is 3.42. The minimum Gasteiger partial charge on any atom is -0.391 e. The number of aryl methyl sites for hydroxylation is 1. The Morgan fingerprint density at radius 3 is 2.89 bits per heavy atom. The highest BCUT2D eigenvalue weighted by Crippen LogP contribution is 2.28. The van der Waals surface area contributed by atoms with Crippen molar-refractivity contribution in [3.63, 3.8) is 0 Å². The number of ketones is 1. The Morgan fingerprint density at radius 2 is 2.21 bits per heavy atom. The summed E-state index contributed by atoms with van der Waals surface area (Å²) in [7, 11) is -2.22. The van der Waals surface area contributed by atoms with Crippen molar-refractivity contribution >= 4 is 32.1 Å². The van der Waals surface area contributed by atoms with E-state index in [2.05, 4.69) is 22.2 Å². The van der Waals surface area contributed by atoms with Gasteiger partial charge in [-0.2, -0.15) is 5.10 Å². The van der Waals surface area contributed by atoms with Crippen LogP contribution in [0.1, 0.15) is 21.7 Å². The second-order valence-electron chi connectivity index (χ2n) is 6.46. The van der Waals surface area contributed by atoms with Crippen LogP contribution in [0.25, 0.3) is 0 Å². The molecule has 4 rings (SSSR count). The summed E-state index contributed by atoms with van der Waals surface area (Å²) in [4.78, 5) is 19.3. The van der Waals surface area contributed by atoms with E-state index < -0.39 is 9.84 Å². The minimum atomic E-state index is -3.84. The number of anilines is 1. The summed E-state index contributed by atoms with van der Waals surface area (Å²) in [6, 6.07) is 7.88. The number of hydrogen-bond donors (Lipinski definition) is 1. The third-order valence-electron chi connectivity index (χ3n) is 4.40. The molecule has 1 atom stereocenters. The summed E-state index contributed by atoms with van der Waals surface area (Å²) in [5, 5.41) is 14.2. The number of aliphatic hydroxyl groups excluding tert-OH is 1. The van der Waals surface area contributed by atoms with Crippen LogP contribution >= 0.6 is 11.3 Å². The van der Waals surface area contributed by atoms with Crippen molar-refractivity contribution in [3.8, 4) is 0 Å². The second-order valence-corrected chi connectivity index (χ2v) is 9.38. The van der Waals surface area contributed by atoms with Gasteiger partial charge in [-0.1, -0.05) is 17.4 Å². The van der Waals surface area contributed by atoms with E-state index >= 15 is 0 Å². The SMILES string of the molecule is Cn1cc(S(=O)(=O)c2c#ccc(C(=O)c3cnc(N4CC[C@H](O)C4)s3)c2)cn1. The second kappa shape index (κ2) is 7.01. The lowest BCUT2D eigenvalue weighted by Crippen LogP contribution is -2.20. The lowest BCUT2D eigenvalue weighted by molar-refractivity contribution is 0.104. The molecule has 0 bridgehead atoms. The van der Waals surface area contributed by atoms with E-state index in [0.29, 0.717) is 29.5 Å². The van der Waals surface area contributed by atoms with Gasteiger partial charge in [-0.3, -0.25) is 9.48 Å². The molecule has 0 aliphatic carbocycles. The van der Waals surface area contributed by atoms with Crippen molar-refractivity contribution in [1.82, 2.24) is 14.8 Å². The Hall–Kier alpha value is -2.74. The Bertz CT molecular complexity index is 1140. The van der Waals surface area contributed by atoms with Crippen molar-refractivity contribution in [2.45, 2.75) is 22.3 Å². The number of rotatable bonds is 5. The number of thiazole rings is 1. The highest BCUT2D eigenvalue weighted by atomic mass is 32.2. The molecule has 0 radical (unpaired) electrons. The van der Waals surface area contributed by atoms with Gasteiger partial charge in [0, 0.05) is 31.9 Å². The summed E-state index contributed by atoms with van der Waals surface area (Å²) in [6.45, 7) is 1.17. The number of carbonyl (C=O) groups excluding carboxylic acids is 1. The van der Waals surface area contributed by atoms with E-state index in [1.165, 1.54) is 46.7 Å². The molecular formula is C18H16N4O4S2. The van der Waals surface area contributed by atoms with Gasteiger partial charge in [-0.05, 0) is 24.6 Å². The first-order valence-electron chi connectivity index (χ1n) is 8.45. The largest absolute Gasteiger partial charge is 0.391 e. The number of β-amino-alcohol motifs (C(OH)–C–C–N with tert-alkyl or cyclic N) is 1. The average molecular weight is 416 g/mol. The normalized spacial score (nSPS) is 16.9. The van der Waals surface area contributed by atoms with Gasteiger partial charge in [0.25, 0.3) is 0 Å². The van der Waals surface area contributed by atoms with E-state index in [-0.39, 0.29) is 27.2 Å². The molecule has 0 unspecified atom stereocenters. The van der Waals surface area contributed by atoms with E-state index in [4.69, 9.17) is 0 Å². The highest BCUT2D eigenvalue weighted by Gasteiger charge is 2.25. The lowest BCUT2D eigenvalue weighted by Gasteiger charge is -2.12. The van der Waals surface area contributed by atoms with Crippen LogP contribution in [0.2, 0.25) is 0 Å². The molecule has 0 amide bonds. The Balaban J connectivity index is 1.61. The molecule has 1 saturated heterocycles. The standard InChI is InChI=1S/C18H16N4O4S2/c1-21-11-15(8-20-21)28(25,26)14-4-2-3-12(7-14)17(24)16-9-19-18(27-16)22-6-5-13(23)10-22/h3,7-9,11,13,23H,5-6,10H2,1H3/t13-/m0/s1. The molecule has 0 spiro atoms. The van der Waals surface area contributed by atoms with Gasteiger partial charge in [0.05, 0.1) is 23.4 Å². The smallest absolute Gasteiger partial charge is 0.217 e. The quantitative estimate of drug-likeness (QED) is 0.621. The zero-order valence-corrected chi connectivity index (χ0v) is 16.5. The summed E-state index contributed by atoms with van der Waals surface area (Å²) in [5.41, 5.74) is 0.192. The van der Waals surface area contributed by atoms with Crippen LogP contribution in [-0.2, 0) is 16.9 Å². The van der Waals surface area contributed by atoms with E-state index in [9.17, 15) is 18.3 Å². The Labute approximate surface area is 166 Å². The lowest BCUT2D eigenvalue weighted by atomic mass is 10.1. The fraction of sp³-hybridized carbons (Fsp3) is 0.278. The van der Waals surface area contributed by atoms with E-state index in [0.717, 1.165) is 0 Å². The number of carbonyl (C=O) groups is 1. The van der Waals surface area contributed by atoms with Crippen LogP contribution in [0.4, 0.5) is 5.13 Å². The van der Waals surface area contributed by atoms with Crippen LogP contribution in [0, 0.1) is 12.1 Å². The molecule has 28 heavy (non-hydrogen) atoms. The number of sulfone groups is 1. The van der Waals surface area contributed by atoms with Gasteiger partial charge in [0.15, 0.2) is 5.13 Å². The van der Waals surface area contributed by atoms with Crippen LogP contribution < -0.4 is 4.90 Å². The molecular weight excluding hydrogens is 400 g/mol. The fourth-order valence-electron chi connectivity index (χ4n) is 2.92. The predicted octanol–water partition coefficient (Wildman–Crippen LogP) is 1.11. The van der Waals surface area contributed by atoms with E-state index in [1.807, 2.05) is 4.90 Å². The van der Waals surface area contributed by atoms with Gasteiger partial charge in [0.1, 0.15) is 9.79 Å². The monoisotopic (exact) mass is 416 g/mol. The van der Waals surface area contributed by atoms with Gasteiger partial charge >= 0.3 is 0 Å². The van der Waals surface area contributed by atoms with Crippen molar-refractivity contribution < 1.29 is 18.3 Å². The third kappa shape index (κ3) is 3.40. The van der Waals surface area contributed by atoms with Crippen molar-refractivity contribution in [2.24, 2.45) is 7.05 Å². The number of nitrogens with zero attached hydrogens (tertiary/aromatic N) is 4. The summed E-state index contributed by atoms with van der Waals surface area (Å²) < 4.78 is 26.8. The van der Waals surface area contributed by atoms with Crippen molar-refractivity contribution in [3.05, 3.63) is 53.3 Å². The first-order valence-corrected chi connectivity index (χ1v) is 10.8. The van der Waals surface area contributed by atoms with Crippen LogP contribution in [0.15, 0.2) is 40.5 Å². The summed E-state index contributed by atoms with van der Waals surface area (Å²) >= 11 is 1.22. The summed E-state index contributed by atoms with van der Waals surface area (Å²) in [6.07, 6.45) is 4.39. The Kier molecular flexibility index (Phi) is 4.66. The first kappa shape index (κ1) is 18.6. The topological polar surface area (TPSA) is 105 Å². The molecule has 144 valence electrons. The molecule has 1 fully saturated rings. The van der Waals surface area contributed by atoms with Crippen LogP contribution in [0.5, 0.6) is 0 Å². The fourth-order valence-corrected chi connectivity index (χ4v) is 5.04. The molecule has 1 aliphatic heterocycles. The van der Waals surface area contributed by atoms with Gasteiger partial charge in [0.2, 0.25) is 15.6 Å². The molecule has 2 aromatic heterocycles. The maximum Gasteiger partial charge on any atom is 0.217 e. The zero-order valence-electron chi connectivity index (χ0n) is 14.9. The van der Waals surface area contributed by atoms with Gasteiger partial charge in [-0.15, -0.1) is 0 Å². The molecule has 1 aromatic carbocycles. The number of hydrogen-bond acceptors (Lipinski definition) is 8. The van der Waals surface area contributed by atoms with Crippen LogP contribution in [0.3, 0.4) is 0 Å². The van der Waals surface area contributed by atoms with E-state index in [1.54, 1.807) is 7.05 Å². The highest BCUT2D eigenvalue weighted by molar-refractivity contribution is 7.91. The third-order valence-corrected chi connectivity index (χ3v) is 7.09. The maximum atomic E-state index is 12.8. The van der Waals surface area contributed by atoms with Gasteiger partial charge < -0.3 is 10.0 Å². The maximum absolute atomic E-state index is 12.8. The number of aromatic nitrogens is 3. The van der Waals surface area contributed by atoms with Gasteiger partial charge in [-0.25, -0.2) is 13.4 Å². The molecule has 0 saturated carbocycles. The molecule has 3 aromatic rings. The molecule has 1 N–H and O–H groups in total. The number of aliphatic hydroxyl groups is 1. The first-order chi connectivity index (χ1) is 13.3. The molecule has 8 nitrogen and oxygen atoms in total. The summed E-state index contributed by atoms with van der Waals surface area (Å²) in [5.74, 6) is -0.337. The Morgan fingerprint density at radius 1 is 1.39 bits per heavy atom.